The molecule has 0 saturated heterocycles. The van der Waals surface area contributed by atoms with E-state index in [2.05, 4.69) is 16.1 Å². The fourth-order valence-electron chi connectivity index (χ4n) is 3.17. The van der Waals surface area contributed by atoms with Crippen molar-refractivity contribution in [1.29, 1.82) is 0 Å². The number of esters is 1. The minimum Gasteiger partial charge on any atom is -0.462 e. The van der Waals surface area contributed by atoms with Gasteiger partial charge in [-0.1, -0.05) is 0 Å². The molecule has 0 amide bonds. The molecule has 0 aliphatic carbocycles. The predicted molar refractivity (Wildman–Crippen MR) is 99.0 cm³/mol. The minimum absolute atomic E-state index is 0.331. The highest BCUT2D eigenvalue weighted by Crippen LogP contribution is 2.31. The summed E-state index contributed by atoms with van der Waals surface area (Å²) in [5.41, 5.74) is 4.20. The number of rotatable bonds is 4. The number of nitrogens with zero attached hydrogens (tertiary/aromatic N) is 2. The molecule has 0 fully saturated rings. The first-order valence-electron chi connectivity index (χ1n) is 8.48. The highest BCUT2D eigenvalue weighted by atomic mass is 16.5. The molecule has 0 saturated carbocycles. The number of H-pyrrole nitrogens is 1. The number of fused-ring (bicyclic) bond motifs is 2. The monoisotopic (exact) mass is 349 g/mol. The zero-order valence-electron chi connectivity index (χ0n) is 14.9. The number of carbonyl (C=O) groups is 1. The van der Waals surface area contributed by atoms with Gasteiger partial charge in [-0.2, -0.15) is 5.10 Å². The van der Waals surface area contributed by atoms with Gasteiger partial charge in [0.1, 0.15) is 11.3 Å². The van der Waals surface area contributed by atoms with Crippen LogP contribution in [0, 0.1) is 13.8 Å². The molecule has 1 aromatic carbocycles. The Bertz CT molecular complexity index is 1120. The molecule has 6 nitrogen and oxygen atoms in total. The minimum atomic E-state index is -0.356. The first kappa shape index (κ1) is 16.2. The maximum Gasteiger partial charge on any atom is 0.340 e. The lowest BCUT2D eigenvalue weighted by Crippen LogP contribution is -2.04. The van der Waals surface area contributed by atoms with Crippen molar-refractivity contribution in [1.82, 2.24) is 14.6 Å². The van der Waals surface area contributed by atoms with E-state index in [1.165, 1.54) is 0 Å². The molecule has 4 aromatic rings. The largest absolute Gasteiger partial charge is 0.462 e. The third-order valence-corrected chi connectivity index (χ3v) is 4.34. The Morgan fingerprint density at radius 2 is 2.08 bits per heavy atom. The van der Waals surface area contributed by atoms with E-state index in [4.69, 9.17) is 9.47 Å². The molecule has 26 heavy (non-hydrogen) atoms. The van der Waals surface area contributed by atoms with Crippen molar-refractivity contribution in [2.75, 3.05) is 6.61 Å². The van der Waals surface area contributed by atoms with Gasteiger partial charge in [-0.05, 0) is 50.6 Å². The number of carbonyl (C=O) groups excluding carboxylic acids is 1. The van der Waals surface area contributed by atoms with E-state index in [0.717, 1.165) is 33.4 Å². The van der Waals surface area contributed by atoms with Crippen molar-refractivity contribution in [3.05, 3.63) is 59.5 Å². The van der Waals surface area contributed by atoms with Crippen LogP contribution in [0.25, 0.3) is 16.4 Å². The smallest absolute Gasteiger partial charge is 0.340 e. The van der Waals surface area contributed by atoms with Crippen LogP contribution in [0.3, 0.4) is 0 Å². The van der Waals surface area contributed by atoms with E-state index in [9.17, 15) is 4.79 Å². The zero-order chi connectivity index (χ0) is 18.3. The van der Waals surface area contributed by atoms with Gasteiger partial charge < -0.3 is 14.5 Å². The summed E-state index contributed by atoms with van der Waals surface area (Å²) in [4.78, 5) is 15.4. The Kier molecular flexibility index (Phi) is 3.88. The third kappa shape index (κ3) is 2.69. The molecule has 0 aliphatic rings. The molecule has 0 unspecified atom stereocenters. The van der Waals surface area contributed by atoms with E-state index in [0.29, 0.717) is 17.9 Å². The Hall–Kier alpha value is -3.28. The summed E-state index contributed by atoms with van der Waals surface area (Å²) in [6, 6.07) is 9.76. The van der Waals surface area contributed by atoms with Crippen molar-refractivity contribution in [3.8, 4) is 11.5 Å². The predicted octanol–water partition coefficient (Wildman–Crippen LogP) is 4.40. The lowest BCUT2D eigenvalue weighted by molar-refractivity contribution is 0.0525. The van der Waals surface area contributed by atoms with Gasteiger partial charge in [0.2, 0.25) is 0 Å². The summed E-state index contributed by atoms with van der Waals surface area (Å²) < 4.78 is 12.9. The summed E-state index contributed by atoms with van der Waals surface area (Å²) in [6.45, 7) is 6.01. The van der Waals surface area contributed by atoms with Crippen molar-refractivity contribution < 1.29 is 14.3 Å². The Morgan fingerprint density at radius 1 is 1.23 bits per heavy atom. The molecular weight excluding hydrogens is 330 g/mol. The average Bonchev–Trinajstić information content (AvgIpc) is 3.15. The maximum absolute atomic E-state index is 12.1. The molecule has 0 atom stereocenters. The Labute approximate surface area is 150 Å². The van der Waals surface area contributed by atoms with Gasteiger partial charge in [-0.25, -0.2) is 9.31 Å². The topological polar surface area (TPSA) is 68.6 Å². The lowest BCUT2D eigenvalue weighted by Gasteiger charge is -2.08. The van der Waals surface area contributed by atoms with Gasteiger partial charge in [0.05, 0.1) is 18.4 Å². The van der Waals surface area contributed by atoms with E-state index in [1.54, 1.807) is 29.9 Å². The zero-order valence-corrected chi connectivity index (χ0v) is 14.9. The first-order valence-corrected chi connectivity index (χ1v) is 8.48. The van der Waals surface area contributed by atoms with E-state index in [-0.39, 0.29) is 5.97 Å². The van der Waals surface area contributed by atoms with E-state index < -0.39 is 0 Å². The standard InChI is InChI=1S/C20H19N3O3/c1-4-25-20(24)16-11-23-19(13(16)3)18(7-8-21-23)26-15-5-6-17-14(10-15)9-12(2)22-17/h5-11,22H,4H2,1-3H3. The summed E-state index contributed by atoms with van der Waals surface area (Å²) in [5, 5.41) is 5.37. The van der Waals surface area contributed by atoms with Crippen molar-refractivity contribution in [2.45, 2.75) is 20.8 Å². The van der Waals surface area contributed by atoms with Crippen LogP contribution in [0.1, 0.15) is 28.5 Å². The number of hydrogen-bond acceptors (Lipinski definition) is 4. The number of hydrogen-bond donors (Lipinski definition) is 1. The molecule has 3 aromatic heterocycles. The number of aryl methyl sites for hydroxylation is 2. The van der Waals surface area contributed by atoms with Gasteiger partial charge in [0, 0.05) is 28.9 Å². The third-order valence-electron chi connectivity index (χ3n) is 4.34. The second-order valence-corrected chi connectivity index (χ2v) is 6.18. The molecular formula is C20H19N3O3. The van der Waals surface area contributed by atoms with Crippen LogP contribution >= 0.6 is 0 Å². The van der Waals surface area contributed by atoms with Crippen LogP contribution in [0.2, 0.25) is 0 Å². The fraction of sp³-hybridized carbons (Fsp3) is 0.200. The average molecular weight is 349 g/mol. The number of aromatic amines is 1. The molecule has 0 bridgehead atoms. The van der Waals surface area contributed by atoms with Crippen LogP contribution in [0.4, 0.5) is 0 Å². The summed E-state index contributed by atoms with van der Waals surface area (Å²) in [5.74, 6) is 1.01. The second kappa shape index (κ2) is 6.22. The molecule has 3 heterocycles. The lowest BCUT2D eigenvalue weighted by atomic mass is 10.2. The van der Waals surface area contributed by atoms with Crippen LogP contribution in [0.15, 0.2) is 42.7 Å². The molecule has 4 rings (SSSR count). The van der Waals surface area contributed by atoms with Crippen molar-refractivity contribution in [2.24, 2.45) is 0 Å². The van der Waals surface area contributed by atoms with E-state index in [1.807, 2.05) is 32.0 Å². The SMILES string of the molecule is CCOC(=O)c1cn2nccc(Oc3ccc4[nH]c(C)cc4c3)c2c1C. The summed E-state index contributed by atoms with van der Waals surface area (Å²) in [6.07, 6.45) is 3.32. The van der Waals surface area contributed by atoms with Crippen molar-refractivity contribution in [3.63, 3.8) is 0 Å². The van der Waals surface area contributed by atoms with Crippen LogP contribution < -0.4 is 4.74 Å². The molecule has 0 spiro atoms. The normalized spacial score (nSPS) is 11.2. The summed E-state index contributed by atoms with van der Waals surface area (Å²) >= 11 is 0. The molecule has 0 aliphatic heterocycles. The molecule has 1 N–H and O–H groups in total. The molecule has 132 valence electrons. The number of nitrogens with one attached hydrogen (secondary N) is 1. The van der Waals surface area contributed by atoms with Gasteiger partial charge in [0.15, 0.2) is 5.75 Å². The Balaban J connectivity index is 1.76. The maximum atomic E-state index is 12.1. The highest BCUT2D eigenvalue weighted by Gasteiger charge is 2.19. The van der Waals surface area contributed by atoms with Crippen LogP contribution in [-0.2, 0) is 4.74 Å². The van der Waals surface area contributed by atoms with Crippen molar-refractivity contribution >= 4 is 22.4 Å². The van der Waals surface area contributed by atoms with Gasteiger partial charge >= 0.3 is 5.97 Å². The van der Waals surface area contributed by atoms with Gasteiger partial charge in [-0.3, -0.25) is 0 Å². The number of aromatic nitrogens is 3. The van der Waals surface area contributed by atoms with Crippen LogP contribution in [-0.4, -0.2) is 27.2 Å². The first-order chi connectivity index (χ1) is 12.6. The number of ether oxygens (including phenoxy) is 2. The van der Waals surface area contributed by atoms with Gasteiger partial charge in [-0.15, -0.1) is 0 Å². The number of benzene rings is 1. The fourth-order valence-corrected chi connectivity index (χ4v) is 3.17. The van der Waals surface area contributed by atoms with Crippen LogP contribution in [0.5, 0.6) is 11.5 Å². The molecule has 0 radical (unpaired) electrons. The van der Waals surface area contributed by atoms with E-state index >= 15 is 0 Å². The summed E-state index contributed by atoms with van der Waals surface area (Å²) in [7, 11) is 0. The Morgan fingerprint density at radius 3 is 2.88 bits per heavy atom. The molecule has 6 heteroatoms. The second-order valence-electron chi connectivity index (χ2n) is 6.18. The highest BCUT2D eigenvalue weighted by molar-refractivity contribution is 5.94. The van der Waals surface area contributed by atoms with Gasteiger partial charge in [0.25, 0.3) is 0 Å². The quantitative estimate of drug-likeness (QED) is 0.554.